The molecule has 1 heteroatoms. The van der Waals surface area contributed by atoms with E-state index in [1.165, 1.54) is 17.7 Å². The molecule has 1 nitrogen and oxygen atoms in total. The zero-order valence-electron chi connectivity index (χ0n) is 8.92. The molecule has 14 heavy (non-hydrogen) atoms. The summed E-state index contributed by atoms with van der Waals surface area (Å²) in [6.07, 6.45) is 5.30. The SMILES string of the molecule is C=CCCNc1ccccc1CCC. The lowest BCUT2D eigenvalue weighted by atomic mass is 10.1. The van der Waals surface area contributed by atoms with E-state index >= 15 is 0 Å². The number of hydrogen-bond acceptors (Lipinski definition) is 1. The third-order valence-corrected chi connectivity index (χ3v) is 2.20. The lowest BCUT2D eigenvalue weighted by Crippen LogP contribution is -2.02. The van der Waals surface area contributed by atoms with Crippen LogP contribution in [0.4, 0.5) is 5.69 Å². The molecule has 0 amide bonds. The molecule has 0 saturated carbocycles. The van der Waals surface area contributed by atoms with Gasteiger partial charge >= 0.3 is 0 Å². The maximum absolute atomic E-state index is 3.71. The molecule has 0 aliphatic carbocycles. The maximum Gasteiger partial charge on any atom is 0.0372 e. The Morgan fingerprint density at radius 3 is 2.86 bits per heavy atom. The van der Waals surface area contributed by atoms with E-state index in [1.807, 2.05) is 6.08 Å². The molecule has 1 aromatic rings. The van der Waals surface area contributed by atoms with Gasteiger partial charge in [-0.05, 0) is 24.5 Å². The van der Waals surface area contributed by atoms with E-state index < -0.39 is 0 Å². The number of nitrogens with one attached hydrogen (secondary N) is 1. The highest BCUT2D eigenvalue weighted by Crippen LogP contribution is 2.16. The molecule has 0 aliphatic heterocycles. The van der Waals surface area contributed by atoms with Crippen LogP contribution in [0, 0.1) is 0 Å². The van der Waals surface area contributed by atoms with Gasteiger partial charge in [-0.1, -0.05) is 37.6 Å². The monoisotopic (exact) mass is 189 g/mol. The van der Waals surface area contributed by atoms with Gasteiger partial charge in [0.15, 0.2) is 0 Å². The zero-order valence-corrected chi connectivity index (χ0v) is 8.92. The van der Waals surface area contributed by atoms with Gasteiger partial charge in [0.1, 0.15) is 0 Å². The molecule has 0 bridgehead atoms. The van der Waals surface area contributed by atoms with Crippen molar-refractivity contribution in [3.05, 3.63) is 42.5 Å². The molecule has 0 unspecified atom stereocenters. The van der Waals surface area contributed by atoms with E-state index in [2.05, 4.69) is 43.1 Å². The summed E-state index contributed by atoms with van der Waals surface area (Å²) < 4.78 is 0. The van der Waals surface area contributed by atoms with Gasteiger partial charge in [0.05, 0.1) is 0 Å². The second-order valence-electron chi connectivity index (χ2n) is 3.41. The second kappa shape index (κ2) is 6.25. The fourth-order valence-corrected chi connectivity index (χ4v) is 1.49. The van der Waals surface area contributed by atoms with Crippen LogP contribution in [0.25, 0.3) is 0 Å². The summed E-state index contributed by atoms with van der Waals surface area (Å²) in [5, 5.41) is 3.43. The van der Waals surface area contributed by atoms with E-state index in [0.29, 0.717) is 0 Å². The average molecular weight is 189 g/mol. The van der Waals surface area contributed by atoms with Crippen LogP contribution in [0.3, 0.4) is 0 Å². The van der Waals surface area contributed by atoms with Gasteiger partial charge in [-0.25, -0.2) is 0 Å². The maximum atomic E-state index is 3.71. The summed E-state index contributed by atoms with van der Waals surface area (Å²) >= 11 is 0. The highest BCUT2D eigenvalue weighted by Gasteiger charge is 1.98. The minimum atomic E-state index is 0.976. The Labute approximate surface area is 86.8 Å². The Bertz CT molecular complexity index is 278. The predicted octanol–water partition coefficient (Wildman–Crippen LogP) is 3.63. The van der Waals surface area contributed by atoms with Crippen LogP contribution in [0.1, 0.15) is 25.3 Å². The van der Waals surface area contributed by atoms with Crippen molar-refractivity contribution in [2.75, 3.05) is 11.9 Å². The molecule has 1 aromatic carbocycles. The van der Waals surface area contributed by atoms with E-state index in [4.69, 9.17) is 0 Å². The smallest absolute Gasteiger partial charge is 0.0372 e. The van der Waals surface area contributed by atoms with Crippen LogP contribution in [0.5, 0.6) is 0 Å². The van der Waals surface area contributed by atoms with E-state index in [0.717, 1.165) is 19.4 Å². The molecule has 0 aliphatic rings. The van der Waals surface area contributed by atoms with Crippen molar-refractivity contribution in [2.24, 2.45) is 0 Å². The number of para-hydroxylation sites is 1. The third-order valence-electron chi connectivity index (χ3n) is 2.20. The van der Waals surface area contributed by atoms with Crippen LogP contribution in [0.2, 0.25) is 0 Å². The molecule has 1 rings (SSSR count). The van der Waals surface area contributed by atoms with E-state index in [1.54, 1.807) is 0 Å². The Morgan fingerprint density at radius 1 is 1.36 bits per heavy atom. The van der Waals surface area contributed by atoms with Gasteiger partial charge in [-0.3, -0.25) is 0 Å². The quantitative estimate of drug-likeness (QED) is 0.532. The van der Waals surface area contributed by atoms with Gasteiger partial charge in [0.2, 0.25) is 0 Å². The van der Waals surface area contributed by atoms with Crippen LogP contribution < -0.4 is 5.32 Å². The Hall–Kier alpha value is -1.24. The molecular formula is C13H19N. The largest absolute Gasteiger partial charge is 0.385 e. The van der Waals surface area contributed by atoms with Gasteiger partial charge in [-0.2, -0.15) is 0 Å². The Morgan fingerprint density at radius 2 is 2.14 bits per heavy atom. The Kier molecular flexibility index (Phi) is 4.84. The standard InChI is InChI=1S/C13H19N/c1-3-5-11-14-13-10-7-6-9-12(13)8-4-2/h3,6-7,9-10,14H,1,4-5,8,11H2,2H3. The topological polar surface area (TPSA) is 12.0 Å². The normalized spacial score (nSPS) is 9.79. The van der Waals surface area contributed by atoms with Crippen molar-refractivity contribution >= 4 is 5.69 Å². The van der Waals surface area contributed by atoms with Crippen molar-refractivity contribution in [2.45, 2.75) is 26.2 Å². The van der Waals surface area contributed by atoms with E-state index in [-0.39, 0.29) is 0 Å². The second-order valence-corrected chi connectivity index (χ2v) is 3.41. The number of aryl methyl sites for hydroxylation is 1. The summed E-state index contributed by atoms with van der Waals surface area (Å²) in [6.45, 7) is 6.90. The minimum Gasteiger partial charge on any atom is -0.385 e. The van der Waals surface area contributed by atoms with Crippen LogP contribution in [0.15, 0.2) is 36.9 Å². The summed E-state index contributed by atoms with van der Waals surface area (Å²) in [4.78, 5) is 0. The van der Waals surface area contributed by atoms with Gasteiger partial charge < -0.3 is 5.32 Å². The van der Waals surface area contributed by atoms with Crippen molar-refractivity contribution in [3.8, 4) is 0 Å². The van der Waals surface area contributed by atoms with Crippen molar-refractivity contribution in [3.63, 3.8) is 0 Å². The first kappa shape index (κ1) is 10.8. The molecule has 0 heterocycles. The molecule has 0 fully saturated rings. The molecule has 0 atom stereocenters. The number of anilines is 1. The fraction of sp³-hybridized carbons (Fsp3) is 0.385. The lowest BCUT2D eigenvalue weighted by Gasteiger charge is -2.10. The molecule has 1 N–H and O–H groups in total. The first-order valence-electron chi connectivity index (χ1n) is 5.31. The van der Waals surface area contributed by atoms with Crippen LogP contribution in [-0.2, 0) is 6.42 Å². The van der Waals surface area contributed by atoms with E-state index in [9.17, 15) is 0 Å². The van der Waals surface area contributed by atoms with Crippen LogP contribution in [-0.4, -0.2) is 6.54 Å². The van der Waals surface area contributed by atoms with Gasteiger partial charge in [-0.15, -0.1) is 6.58 Å². The number of benzene rings is 1. The number of rotatable bonds is 6. The summed E-state index contributed by atoms with van der Waals surface area (Å²) in [7, 11) is 0. The van der Waals surface area contributed by atoms with Crippen LogP contribution >= 0.6 is 0 Å². The summed E-state index contributed by atoms with van der Waals surface area (Å²) in [6, 6.07) is 8.52. The van der Waals surface area contributed by atoms with Crippen molar-refractivity contribution in [1.82, 2.24) is 0 Å². The predicted molar refractivity (Wildman–Crippen MR) is 63.7 cm³/mol. The average Bonchev–Trinajstić information content (AvgIpc) is 2.21. The zero-order chi connectivity index (χ0) is 10.2. The minimum absolute atomic E-state index is 0.976. The van der Waals surface area contributed by atoms with Gasteiger partial charge in [0, 0.05) is 12.2 Å². The molecule has 0 spiro atoms. The first-order valence-corrected chi connectivity index (χ1v) is 5.31. The summed E-state index contributed by atoms with van der Waals surface area (Å²) in [5.41, 5.74) is 2.69. The number of hydrogen-bond donors (Lipinski definition) is 1. The highest BCUT2D eigenvalue weighted by atomic mass is 14.9. The molecule has 76 valence electrons. The molecule has 0 aromatic heterocycles. The van der Waals surface area contributed by atoms with Gasteiger partial charge in [0.25, 0.3) is 0 Å². The molecule has 0 radical (unpaired) electrons. The lowest BCUT2D eigenvalue weighted by molar-refractivity contribution is 0.918. The third kappa shape index (κ3) is 3.25. The highest BCUT2D eigenvalue weighted by molar-refractivity contribution is 5.51. The van der Waals surface area contributed by atoms with Crippen molar-refractivity contribution in [1.29, 1.82) is 0 Å². The summed E-state index contributed by atoms with van der Waals surface area (Å²) in [5.74, 6) is 0. The first-order chi connectivity index (χ1) is 6.88. The Balaban J connectivity index is 2.59. The fourth-order valence-electron chi connectivity index (χ4n) is 1.49. The molecule has 0 saturated heterocycles. The molecular weight excluding hydrogens is 170 g/mol. The van der Waals surface area contributed by atoms with Crippen molar-refractivity contribution < 1.29 is 0 Å².